The van der Waals surface area contributed by atoms with E-state index in [1.54, 1.807) is 30.5 Å². The maximum absolute atomic E-state index is 12.7. The molecular weight excluding hydrogens is 494 g/mol. The van der Waals surface area contributed by atoms with Gasteiger partial charge in [-0.2, -0.15) is 5.10 Å². The third-order valence-electron chi connectivity index (χ3n) is 6.04. The zero-order valence-corrected chi connectivity index (χ0v) is 21.6. The number of hydrazone groups is 1. The van der Waals surface area contributed by atoms with Crippen LogP contribution < -0.4 is 10.2 Å². The highest BCUT2D eigenvalue weighted by Gasteiger charge is 2.19. The molecule has 5 rings (SSSR count). The zero-order valence-electron chi connectivity index (χ0n) is 20.8. The van der Waals surface area contributed by atoms with Gasteiger partial charge in [-0.15, -0.1) is 0 Å². The van der Waals surface area contributed by atoms with E-state index < -0.39 is 0 Å². The third-order valence-corrected chi connectivity index (χ3v) is 6.37. The molecular formula is C32H26ClN3O2. The highest BCUT2D eigenvalue weighted by Crippen LogP contribution is 2.35. The first-order valence-corrected chi connectivity index (χ1v) is 12.7. The second kappa shape index (κ2) is 11.6. The minimum Gasteiger partial charge on any atom is -0.494 e. The number of benzene rings is 4. The van der Waals surface area contributed by atoms with Crippen molar-refractivity contribution in [2.75, 3.05) is 6.61 Å². The van der Waals surface area contributed by atoms with Crippen molar-refractivity contribution in [2.45, 2.75) is 6.92 Å². The maximum Gasteiger partial charge on any atom is 0.272 e. The molecule has 1 aromatic heterocycles. The Morgan fingerprint density at radius 3 is 2.16 bits per heavy atom. The Kier molecular flexibility index (Phi) is 7.67. The fourth-order valence-electron chi connectivity index (χ4n) is 4.33. The third kappa shape index (κ3) is 5.38. The van der Waals surface area contributed by atoms with Crippen molar-refractivity contribution in [1.82, 2.24) is 9.99 Å². The number of hydrogen-bond donors (Lipinski definition) is 1. The van der Waals surface area contributed by atoms with Crippen LogP contribution in [-0.4, -0.2) is 23.3 Å². The topological polar surface area (TPSA) is 55.6 Å². The van der Waals surface area contributed by atoms with E-state index in [0.29, 0.717) is 17.2 Å². The molecule has 0 radical (unpaired) electrons. The Labute approximate surface area is 227 Å². The van der Waals surface area contributed by atoms with E-state index in [4.69, 9.17) is 16.3 Å². The van der Waals surface area contributed by atoms with Crippen molar-refractivity contribution < 1.29 is 9.53 Å². The van der Waals surface area contributed by atoms with Crippen LogP contribution in [0.15, 0.2) is 120 Å². The van der Waals surface area contributed by atoms with Crippen molar-refractivity contribution >= 4 is 23.7 Å². The lowest BCUT2D eigenvalue weighted by molar-refractivity contribution is 0.0955. The van der Waals surface area contributed by atoms with E-state index in [1.165, 1.54) is 0 Å². The van der Waals surface area contributed by atoms with Gasteiger partial charge < -0.3 is 9.30 Å². The van der Waals surface area contributed by atoms with E-state index in [0.717, 1.165) is 39.5 Å². The summed E-state index contributed by atoms with van der Waals surface area (Å²) in [6.07, 6.45) is 1.68. The number of ether oxygens (including phenoxy) is 1. The quantitative estimate of drug-likeness (QED) is 0.169. The lowest BCUT2D eigenvalue weighted by Gasteiger charge is -2.15. The van der Waals surface area contributed by atoms with Gasteiger partial charge in [-0.05, 0) is 60.5 Å². The number of aromatic nitrogens is 1. The average molecular weight is 520 g/mol. The fraction of sp³-hybridized carbons (Fsp3) is 0.0625. The van der Waals surface area contributed by atoms with Crippen LogP contribution in [0.4, 0.5) is 0 Å². The summed E-state index contributed by atoms with van der Waals surface area (Å²) in [6, 6.07) is 37.3. The summed E-state index contributed by atoms with van der Waals surface area (Å²) in [5.41, 5.74) is 8.82. The first kappa shape index (κ1) is 25.1. The molecule has 1 N–H and O–H groups in total. The first-order valence-electron chi connectivity index (χ1n) is 12.3. The Morgan fingerprint density at radius 1 is 0.868 bits per heavy atom. The summed E-state index contributed by atoms with van der Waals surface area (Å²) in [5, 5.41) is 4.68. The monoisotopic (exact) mass is 519 g/mol. The van der Waals surface area contributed by atoms with Gasteiger partial charge in [-0.3, -0.25) is 4.79 Å². The lowest BCUT2D eigenvalue weighted by atomic mass is 10.1. The molecule has 188 valence electrons. The molecule has 0 atom stereocenters. The van der Waals surface area contributed by atoms with Gasteiger partial charge in [-0.1, -0.05) is 84.4 Å². The van der Waals surface area contributed by atoms with Crippen LogP contribution in [-0.2, 0) is 0 Å². The zero-order chi connectivity index (χ0) is 26.3. The summed E-state index contributed by atoms with van der Waals surface area (Å²) in [4.78, 5) is 12.7. The minimum absolute atomic E-state index is 0.367. The summed E-state index contributed by atoms with van der Waals surface area (Å²) in [7, 11) is 0. The van der Waals surface area contributed by atoms with E-state index in [-0.39, 0.29) is 5.91 Å². The molecule has 6 heteroatoms. The molecule has 0 unspecified atom stereocenters. The van der Waals surface area contributed by atoms with Crippen molar-refractivity contribution in [3.8, 4) is 34.0 Å². The molecule has 5 aromatic rings. The van der Waals surface area contributed by atoms with Crippen LogP contribution in [0.25, 0.3) is 28.2 Å². The average Bonchev–Trinajstić information content (AvgIpc) is 3.34. The van der Waals surface area contributed by atoms with Gasteiger partial charge in [0, 0.05) is 11.3 Å². The molecule has 0 aliphatic heterocycles. The first-order chi connectivity index (χ1) is 18.7. The summed E-state index contributed by atoms with van der Waals surface area (Å²) >= 11 is 6.19. The predicted octanol–water partition coefficient (Wildman–Crippen LogP) is 7.63. The SMILES string of the molecule is CCOc1ccc(-n2c(-c3ccccc3)cc(/C=N\NC(=O)c3ccccc3Cl)c2-c2ccccc2)cc1. The largest absolute Gasteiger partial charge is 0.494 e. The van der Waals surface area contributed by atoms with Gasteiger partial charge in [0.25, 0.3) is 5.91 Å². The van der Waals surface area contributed by atoms with Crippen molar-refractivity contribution in [1.29, 1.82) is 0 Å². The number of carbonyl (C=O) groups excluding carboxylic acids is 1. The minimum atomic E-state index is -0.373. The highest BCUT2D eigenvalue weighted by molar-refractivity contribution is 6.33. The fourth-order valence-corrected chi connectivity index (χ4v) is 4.56. The predicted molar refractivity (Wildman–Crippen MR) is 154 cm³/mol. The summed E-state index contributed by atoms with van der Waals surface area (Å²) < 4.78 is 7.88. The van der Waals surface area contributed by atoms with Crippen LogP contribution in [0.3, 0.4) is 0 Å². The number of halogens is 1. The number of rotatable bonds is 8. The highest BCUT2D eigenvalue weighted by atomic mass is 35.5. The molecule has 0 bridgehead atoms. The Hall–Kier alpha value is -4.61. The molecule has 0 saturated heterocycles. The van der Waals surface area contributed by atoms with E-state index in [1.807, 2.05) is 67.6 Å². The molecule has 38 heavy (non-hydrogen) atoms. The van der Waals surface area contributed by atoms with Crippen LogP contribution in [0, 0.1) is 0 Å². The summed E-state index contributed by atoms with van der Waals surface area (Å²) in [6.45, 7) is 2.57. The van der Waals surface area contributed by atoms with E-state index >= 15 is 0 Å². The van der Waals surface area contributed by atoms with Gasteiger partial charge in [0.2, 0.25) is 0 Å². The van der Waals surface area contributed by atoms with Gasteiger partial charge >= 0.3 is 0 Å². The molecule has 0 saturated carbocycles. The molecule has 0 aliphatic carbocycles. The van der Waals surface area contributed by atoms with Crippen LogP contribution in [0.1, 0.15) is 22.8 Å². The maximum atomic E-state index is 12.7. The van der Waals surface area contributed by atoms with Gasteiger partial charge in [0.05, 0.1) is 34.8 Å². The lowest BCUT2D eigenvalue weighted by Crippen LogP contribution is -2.18. The Balaban J connectivity index is 1.63. The number of nitrogens with one attached hydrogen (secondary N) is 1. The van der Waals surface area contributed by atoms with Crippen molar-refractivity contribution in [3.05, 3.63) is 131 Å². The van der Waals surface area contributed by atoms with Crippen molar-refractivity contribution in [2.24, 2.45) is 5.10 Å². The molecule has 0 spiro atoms. The van der Waals surface area contributed by atoms with Crippen LogP contribution in [0.2, 0.25) is 5.02 Å². The molecule has 4 aromatic carbocycles. The molecule has 0 aliphatic rings. The van der Waals surface area contributed by atoms with Crippen LogP contribution in [0.5, 0.6) is 5.75 Å². The van der Waals surface area contributed by atoms with E-state index in [9.17, 15) is 4.79 Å². The number of carbonyl (C=O) groups is 1. The standard InChI is InChI=1S/C32H26ClN3O2/c1-2-38-27-19-17-26(18-20-27)36-30(23-11-5-3-6-12-23)21-25(31(36)24-13-7-4-8-14-24)22-34-35-32(37)28-15-9-10-16-29(28)33/h3-22H,2H2,1H3,(H,35,37)/b34-22-. The molecule has 1 heterocycles. The second-order valence-corrected chi connectivity index (χ2v) is 8.91. The molecule has 5 nitrogen and oxygen atoms in total. The second-order valence-electron chi connectivity index (χ2n) is 8.51. The smallest absolute Gasteiger partial charge is 0.272 e. The summed E-state index contributed by atoms with van der Waals surface area (Å²) in [5.74, 6) is 0.442. The number of amides is 1. The van der Waals surface area contributed by atoms with Gasteiger partial charge in [0.1, 0.15) is 5.75 Å². The molecule has 0 fully saturated rings. The van der Waals surface area contributed by atoms with Crippen molar-refractivity contribution in [3.63, 3.8) is 0 Å². The molecule has 1 amide bonds. The van der Waals surface area contributed by atoms with Gasteiger partial charge in [0.15, 0.2) is 0 Å². The number of hydrogen-bond acceptors (Lipinski definition) is 3. The number of nitrogens with zero attached hydrogens (tertiary/aromatic N) is 2. The van der Waals surface area contributed by atoms with E-state index in [2.05, 4.69) is 45.4 Å². The Bertz CT molecular complexity index is 1560. The Morgan fingerprint density at radius 2 is 1.50 bits per heavy atom. The normalized spacial score (nSPS) is 11.0. The van der Waals surface area contributed by atoms with Gasteiger partial charge in [-0.25, -0.2) is 5.43 Å². The van der Waals surface area contributed by atoms with Crippen LogP contribution >= 0.6 is 11.6 Å².